The molecular formula is C20H22N2O5. The highest BCUT2D eigenvalue weighted by Crippen LogP contribution is 2.25. The van der Waals surface area contributed by atoms with Crippen LogP contribution in [0.15, 0.2) is 42.5 Å². The number of carbonyl (C=O) groups excluding carboxylic acids is 2. The van der Waals surface area contributed by atoms with E-state index in [1.54, 1.807) is 49.6 Å². The van der Waals surface area contributed by atoms with Crippen LogP contribution < -0.4 is 20.1 Å². The van der Waals surface area contributed by atoms with E-state index in [-0.39, 0.29) is 17.9 Å². The normalized spacial score (nSPS) is 15.9. The van der Waals surface area contributed by atoms with Crippen LogP contribution in [0.2, 0.25) is 0 Å². The number of anilines is 2. The molecular weight excluding hydrogens is 348 g/mol. The van der Waals surface area contributed by atoms with E-state index in [1.165, 1.54) is 7.11 Å². The summed E-state index contributed by atoms with van der Waals surface area (Å²) in [6, 6.07) is 11.9. The van der Waals surface area contributed by atoms with Crippen LogP contribution in [-0.4, -0.2) is 38.7 Å². The minimum absolute atomic E-state index is 0.146. The molecule has 2 amide bonds. The van der Waals surface area contributed by atoms with Gasteiger partial charge in [0, 0.05) is 24.0 Å². The maximum Gasteiger partial charge on any atom is 0.259 e. The summed E-state index contributed by atoms with van der Waals surface area (Å²) in [5.74, 6) is 0.583. The Kier molecular flexibility index (Phi) is 5.93. The summed E-state index contributed by atoms with van der Waals surface area (Å²) < 4.78 is 15.8. The molecule has 0 aromatic heterocycles. The van der Waals surface area contributed by atoms with Crippen LogP contribution in [0.3, 0.4) is 0 Å². The quantitative estimate of drug-likeness (QED) is 0.816. The Bertz CT molecular complexity index is 814. The van der Waals surface area contributed by atoms with Crippen molar-refractivity contribution in [2.45, 2.75) is 18.9 Å². The molecule has 2 aromatic rings. The molecule has 2 aromatic carbocycles. The predicted molar refractivity (Wildman–Crippen MR) is 102 cm³/mol. The van der Waals surface area contributed by atoms with Gasteiger partial charge in [0.1, 0.15) is 17.6 Å². The zero-order chi connectivity index (χ0) is 19.2. The fraction of sp³-hybridized carbons (Fsp3) is 0.300. The van der Waals surface area contributed by atoms with Crippen molar-refractivity contribution in [3.63, 3.8) is 0 Å². The zero-order valence-electron chi connectivity index (χ0n) is 15.3. The lowest BCUT2D eigenvalue weighted by atomic mass is 10.1. The van der Waals surface area contributed by atoms with E-state index in [0.29, 0.717) is 35.0 Å². The minimum Gasteiger partial charge on any atom is -0.497 e. The molecule has 0 aliphatic carbocycles. The van der Waals surface area contributed by atoms with Crippen molar-refractivity contribution in [2.24, 2.45) is 0 Å². The van der Waals surface area contributed by atoms with Crippen LogP contribution in [0, 0.1) is 0 Å². The number of amides is 2. The van der Waals surface area contributed by atoms with Gasteiger partial charge < -0.3 is 24.8 Å². The number of ether oxygens (including phenoxy) is 3. The van der Waals surface area contributed by atoms with Crippen molar-refractivity contribution in [1.29, 1.82) is 0 Å². The summed E-state index contributed by atoms with van der Waals surface area (Å²) in [4.78, 5) is 24.6. The maximum atomic E-state index is 12.5. The molecule has 2 N–H and O–H groups in total. The largest absolute Gasteiger partial charge is 0.497 e. The smallest absolute Gasteiger partial charge is 0.259 e. The van der Waals surface area contributed by atoms with E-state index in [1.807, 2.05) is 0 Å². The molecule has 1 saturated heterocycles. The van der Waals surface area contributed by atoms with Gasteiger partial charge in [-0.2, -0.15) is 0 Å². The van der Waals surface area contributed by atoms with Crippen molar-refractivity contribution < 1.29 is 23.8 Å². The van der Waals surface area contributed by atoms with E-state index in [9.17, 15) is 9.59 Å². The first-order valence-corrected chi connectivity index (χ1v) is 8.66. The first-order valence-electron chi connectivity index (χ1n) is 8.66. The Balaban J connectivity index is 1.64. The lowest BCUT2D eigenvalue weighted by Gasteiger charge is -2.12. The van der Waals surface area contributed by atoms with Gasteiger partial charge in [-0.3, -0.25) is 9.59 Å². The Hall–Kier alpha value is -3.06. The van der Waals surface area contributed by atoms with E-state index >= 15 is 0 Å². The molecule has 0 bridgehead atoms. The van der Waals surface area contributed by atoms with Crippen LogP contribution in [0.25, 0.3) is 0 Å². The van der Waals surface area contributed by atoms with Gasteiger partial charge in [0.25, 0.3) is 11.8 Å². The van der Waals surface area contributed by atoms with E-state index < -0.39 is 0 Å². The monoisotopic (exact) mass is 370 g/mol. The van der Waals surface area contributed by atoms with Crippen molar-refractivity contribution in [2.75, 3.05) is 31.5 Å². The summed E-state index contributed by atoms with van der Waals surface area (Å²) in [7, 11) is 3.05. The molecule has 0 radical (unpaired) electrons. The Labute approximate surface area is 157 Å². The number of nitrogens with one attached hydrogen (secondary N) is 2. The number of hydrogen-bond donors (Lipinski definition) is 2. The molecule has 1 aliphatic rings. The van der Waals surface area contributed by atoms with Gasteiger partial charge in [-0.15, -0.1) is 0 Å². The average Bonchev–Trinajstić information content (AvgIpc) is 3.24. The Morgan fingerprint density at radius 2 is 1.70 bits per heavy atom. The van der Waals surface area contributed by atoms with E-state index in [2.05, 4.69) is 10.6 Å². The number of benzene rings is 2. The molecule has 1 aliphatic heterocycles. The first-order chi connectivity index (χ1) is 13.1. The van der Waals surface area contributed by atoms with Crippen LogP contribution in [0.5, 0.6) is 11.5 Å². The minimum atomic E-state index is -0.382. The molecule has 1 heterocycles. The third kappa shape index (κ3) is 4.57. The van der Waals surface area contributed by atoms with Crippen molar-refractivity contribution in [3.05, 3.63) is 48.0 Å². The van der Waals surface area contributed by atoms with Gasteiger partial charge in [-0.05, 0) is 49.2 Å². The molecule has 3 rings (SSSR count). The molecule has 0 unspecified atom stereocenters. The second-order valence-corrected chi connectivity index (χ2v) is 6.09. The molecule has 0 saturated carbocycles. The van der Waals surface area contributed by atoms with Crippen LogP contribution in [0.1, 0.15) is 23.2 Å². The maximum absolute atomic E-state index is 12.5. The third-order valence-electron chi connectivity index (χ3n) is 4.29. The second kappa shape index (κ2) is 8.55. The molecule has 0 spiro atoms. The van der Waals surface area contributed by atoms with Crippen molar-refractivity contribution >= 4 is 23.2 Å². The Morgan fingerprint density at radius 3 is 2.30 bits per heavy atom. The highest BCUT2D eigenvalue weighted by molar-refractivity contribution is 6.06. The molecule has 1 atom stereocenters. The summed E-state index contributed by atoms with van der Waals surface area (Å²) >= 11 is 0. The summed E-state index contributed by atoms with van der Waals surface area (Å²) in [6.45, 7) is 0.623. The summed E-state index contributed by atoms with van der Waals surface area (Å²) in [6.07, 6.45) is 1.26. The standard InChI is InChI=1S/C20H22N2O5/c1-25-15-9-10-16(18(12-15)26-2)19(23)21-13-5-7-14(8-6-13)22-20(24)17-4-3-11-27-17/h5-10,12,17H,3-4,11H2,1-2H3,(H,21,23)(H,22,24)/t17-/m0/s1. The zero-order valence-corrected chi connectivity index (χ0v) is 15.3. The van der Waals surface area contributed by atoms with Crippen LogP contribution in [0.4, 0.5) is 11.4 Å². The molecule has 1 fully saturated rings. The van der Waals surface area contributed by atoms with Gasteiger partial charge in [-0.25, -0.2) is 0 Å². The van der Waals surface area contributed by atoms with Crippen molar-refractivity contribution in [1.82, 2.24) is 0 Å². The molecule has 7 heteroatoms. The fourth-order valence-corrected chi connectivity index (χ4v) is 2.83. The van der Waals surface area contributed by atoms with Gasteiger partial charge >= 0.3 is 0 Å². The fourth-order valence-electron chi connectivity index (χ4n) is 2.83. The average molecular weight is 370 g/mol. The lowest BCUT2D eigenvalue weighted by molar-refractivity contribution is -0.124. The first kappa shape index (κ1) is 18.7. The molecule has 27 heavy (non-hydrogen) atoms. The van der Waals surface area contributed by atoms with Gasteiger partial charge in [0.05, 0.1) is 19.8 Å². The van der Waals surface area contributed by atoms with E-state index in [4.69, 9.17) is 14.2 Å². The summed E-state index contributed by atoms with van der Waals surface area (Å²) in [5.41, 5.74) is 1.65. The Morgan fingerprint density at radius 1 is 1.00 bits per heavy atom. The number of rotatable bonds is 6. The second-order valence-electron chi connectivity index (χ2n) is 6.09. The molecule has 7 nitrogen and oxygen atoms in total. The summed E-state index contributed by atoms with van der Waals surface area (Å²) in [5, 5.41) is 5.63. The van der Waals surface area contributed by atoms with E-state index in [0.717, 1.165) is 12.8 Å². The molecule has 142 valence electrons. The van der Waals surface area contributed by atoms with Gasteiger partial charge in [-0.1, -0.05) is 0 Å². The highest BCUT2D eigenvalue weighted by atomic mass is 16.5. The highest BCUT2D eigenvalue weighted by Gasteiger charge is 2.23. The number of hydrogen-bond acceptors (Lipinski definition) is 5. The SMILES string of the molecule is COc1ccc(C(=O)Nc2ccc(NC(=O)[C@@H]3CCCO3)cc2)c(OC)c1. The lowest BCUT2D eigenvalue weighted by Crippen LogP contribution is -2.26. The third-order valence-corrected chi connectivity index (χ3v) is 4.29. The predicted octanol–water partition coefficient (Wildman–Crippen LogP) is 3.07. The van der Waals surface area contributed by atoms with Crippen LogP contribution in [-0.2, 0) is 9.53 Å². The van der Waals surface area contributed by atoms with Crippen LogP contribution >= 0.6 is 0 Å². The number of carbonyl (C=O) groups is 2. The topological polar surface area (TPSA) is 85.9 Å². The van der Waals surface area contributed by atoms with Crippen molar-refractivity contribution in [3.8, 4) is 11.5 Å². The van der Waals surface area contributed by atoms with Gasteiger partial charge in [0.15, 0.2) is 0 Å². The number of methoxy groups -OCH3 is 2. The van der Waals surface area contributed by atoms with Gasteiger partial charge in [0.2, 0.25) is 0 Å².